The molecular formula is C15H30Y-2. The van der Waals surface area contributed by atoms with Gasteiger partial charge in [0.2, 0.25) is 0 Å². The second-order valence-electron chi connectivity index (χ2n) is 5.88. The molecule has 0 atom stereocenters. The van der Waals surface area contributed by atoms with Crippen molar-refractivity contribution in [1.29, 1.82) is 0 Å². The number of hydrogen-bond acceptors (Lipinski definition) is 0. The van der Waals surface area contributed by atoms with Crippen LogP contribution in [0.5, 0.6) is 0 Å². The largest absolute Gasteiger partial charge is 0.514 e. The van der Waals surface area contributed by atoms with Crippen LogP contribution in [0.3, 0.4) is 0 Å². The second-order valence-corrected chi connectivity index (χ2v) is 5.88. The van der Waals surface area contributed by atoms with Gasteiger partial charge in [-0.3, -0.25) is 5.57 Å². The summed E-state index contributed by atoms with van der Waals surface area (Å²) in [5, 5.41) is 0. The Morgan fingerprint density at radius 2 is 1.38 bits per heavy atom. The minimum Gasteiger partial charge on any atom is -0.514 e. The molecule has 0 saturated carbocycles. The minimum atomic E-state index is 0. The zero-order valence-corrected chi connectivity index (χ0v) is 15.5. The van der Waals surface area contributed by atoms with Crippen LogP contribution in [0.15, 0.2) is 5.57 Å². The fraction of sp³-hybridized carbons (Fsp3) is 0.800. The molecule has 0 fully saturated rings. The van der Waals surface area contributed by atoms with Crippen LogP contribution < -0.4 is 0 Å². The Labute approximate surface area is 130 Å². The van der Waals surface area contributed by atoms with Gasteiger partial charge in [-0.1, -0.05) is 61.8 Å². The molecular weight excluding hydrogens is 269 g/mol. The second kappa shape index (κ2) is 9.83. The van der Waals surface area contributed by atoms with Gasteiger partial charge in [-0.2, -0.15) is 11.8 Å². The molecule has 0 heterocycles. The van der Waals surface area contributed by atoms with Gasteiger partial charge in [0.1, 0.15) is 0 Å². The zero-order chi connectivity index (χ0) is 12.7. The molecule has 0 aliphatic heterocycles. The quantitative estimate of drug-likeness (QED) is 0.608. The molecule has 0 rings (SSSR count). The summed E-state index contributed by atoms with van der Waals surface area (Å²) in [6.45, 7) is 23.1. The maximum absolute atomic E-state index is 5.98. The molecule has 0 aromatic rings. The van der Waals surface area contributed by atoms with Crippen LogP contribution in [0.1, 0.15) is 68.2 Å². The predicted octanol–water partition coefficient (Wildman–Crippen LogP) is 5.45. The summed E-state index contributed by atoms with van der Waals surface area (Å²) in [6.07, 6.45) is 4.44. The maximum atomic E-state index is 5.98. The summed E-state index contributed by atoms with van der Waals surface area (Å²) in [6, 6.07) is 0. The standard InChI is InChI=1S/C13H24.C2H6.Y/c1-11(13(5,6)7)9-8-10-12(2,3)4;1-2;/h1,10H,8-9H2,2-7H3;1-2H3;/q-2;;. The van der Waals surface area contributed by atoms with Crippen molar-refractivity contribution in [3.05, 3.63) is 18.6 Å². The molecule has 0 aliphatic carbocycles. The van der Waals surface area contributed by atoms with Gasteiger partial charge in [0.15, 0.2) is 0 Å². The van der Waals surface area contributed by atoms with Gasteiger partial charge in [-0.25, -0.2) is 0 Å². The minimum absolute atomic E-state index is 0. The van der Waals surface area contributed by atoms with Gasteiger partial charge in [-0.15, -0.1) is 0 Å². The molecule has 0 N–H and O–H groups in total. The summed E-state index contributed by atoms with van der Waals surface area (Å²) >= 11 is 0. The van der Waals surface area contributed by atoms with Gasteiger partial charge < -0.3 is 13.0 Å². The van der Waals surface area contributed by atoms with Crippen LogP contribution in [0.4, 0.5) is 0 Å². The topological polar surface area (TPSA) is 0 Å². The third-order valence-corrected chi connectivity index (χ3v) is 2.13. The summed E-state index contributed by atoms with van der Waals surface area (Å²) in [5.41, 5.74) is 1.58. The van der Waals surface area contributed by atoms with Gasteiger partial charge in [-0.05, 0) is 5.41 Å². The molecule has 0 bridgehead atoms. The van der Waals surface area contributed by atoms with Crippen molar-refractivity contribution in [2.75, 3.05) is 0 Å². The molecule has 1 heteroatoms. The molecule has 0 saturated heterocycles. The van der Waals surface area contributed by atoms with Crippen LogP contribution in [0.25, 0.3) is 0 Å². The third-order valence-electron chi connectivity index (χ3n) is 2.13. The van der Waals surface area contributed by atoms with Crippen LogP contribution in [0, 0.1) is 23.8 Å². The van der Waals surface area contributed by atoms with Crippen molar-refractivity contribution in [2.24, 2.45) is 10.8 Å². The van der Waals surface area contributed by atoms with Crippen LogP contribution in [-0.4, -0.2) is 0 Å². The van der Waals surface area contributed by atoms with Crippen molar-refractivity contribution in [1.82, 2.24) is 0 Å². The van der Waals surface area contributed by atoms with E-state index in [-0.39, 0.29) is 38.1 Å². The number of hydrogen-bond donors (Lipinski definition) is 0. The van der Waals surface area contributed by atoms with Crippen LogP contribution >= 0.6 is 0 Å². The molecule has 16 heavy (non-hydrogen) atoms. The molecule has 0 unspecified atom stereocenters. The molecule has 0 amide bonds. The molecule has 0 nitrogen and oxygen atoms in total. The van der Waals surface area contributed by atoms with Crippen molar-refractivity contribution in [3.8, 4) is 0 Å². The van der Waals surface area contributed by atoms with E-state index >= 15 is 0 Å². The molecule has 0 aromatic heterocycles. The van der Waals surface area contributed by atoms with E-state index in [0.717, 1.165) is 18.4 Å². The first-order valence-corrected chi connectivity index (χ1v) is 6.09. The molecule has 1 radical (unpaired) electrons. The zero-order valence-electron chi connectivity index (χ0n) is 12.6. The summed E-state index contributed by atoms with van der Waals surface area (Å²) < 4.78 is 0. The first-order valence-electron chi connectivity index (χ1n) is 6.09. The average Bonchev–Trinajstić information content (AvgIpc) is 2.04. The first kappa shape index (κ1) is 22.1. The van der Waals surface area contributed by atoms with Crippen molar-refractivity contribution in [3.63, 3.8) is 0 Å². The van der Waals surface area contributed by atoms with E-state index in [1.54, 1.807) is 0 Å². The molecule has 0 spiro atoms. The van der Waals surface area contributed by atoms with Gasteiger partial charge >= 0.3 is 0 Å². The van der Waals surface area contributed by atoms with Crippen LogP contribution in [-0.2, 0) is 32.7 Å². The Hall–Kier alpha value is 0.844. The Morgan fingerprint density at radius 3 is 1.62 bits per heavy atom. The number of rotatable bonds is 3. The van der Waals surface area contributed by atoms with Crippen molar-refractivity contribution >= 4 is 0 Å². The van der Waals surface area contributed by atoms with Gasteiger partial charge in [0, 0.05) is 32.7 Å². The first-order chi connectivity index (χ1) is 6.63. The summed E-state index contributed by atoms with van der Waals surface area (Å²) in [5.74, 6) is 0. The SMILES string of the molecule is CC.[CH-]=C(CC[CH-]C(C)(C)C)C(C)(C)C.[Y]. The van der Waals surface area contributed by atoms with Gasteiger partial charge in [0.05, 0.1) is 0 Å². The smallest absolute Gasteiger partial charge is 0 e. The maximum Gasteiger partial charge on any atom is 0 e. The molecule has 95 valence electrons. The van der Waals surface area contributed by atoms with E-state index in [2.05, 4.69) is 48.0 Å². The molecule has 0 aromatic carbocycles. The van der Waals surface area contributed by atoms with Crippen molar-refractivity contribution < 1.29 is 32.7 Å². The van der Waals surface area contributed by atoms with Gasteiger partial charge in [0.25, 0.3) is 0 Å². The van der Waals surface area contributed by atoms with E-state index in [1.165, 1.54) is 0 Å². The van der Waals surface area contributed by atoms with E-state index in [4.69, 9.17) is 6.58 Å². The van der Waals surface area contributed by atoms with E-state index < -0.39 is 0 Å². The Kier molecular flexibility index (Phi) is 13.6. The van der Waals surface area contributed by atoms with E-state index in [9.17, 15) is 0 Å². The Balaban J connectivity index is -0.000000529. The fourth-order valence-electron chi connectivity index (χ4n) is 1.04. The Bertz CT molecular complexity index is 167. The van der Waals surface area contributed by atoms with E-state index in [0.29, 0.717) is 5.41 Å². The number of allylic oxidation sites excluding steroid dienone is 1. The summed E-state index contributed by atoms with van der Waals surface area (Å²) in [4.78, 5) is 0. The predicted molar refractivity (Wildman–Crippen MR) is 71.6 cm³/mol. The molecule has 0 aliphatic rings. The average molecular weight is 299 g/mol. The third kappa shape index (κ3) is 14.8. The Morgan fingerprint density at radius 1 is 1.00 bits per heavy atom. The van der Waals surface area contributed by atoms with Crippen LogP contribution in [0.2, 0.25) is 0 Å². The normalized spacial score (nSPS) is 11.0. The van der Waals surface area contributed by atoms with Crippen molar-refractivity contribution in [2.45, 2.75) is 68.2 Å². The van der Waals surface area contributed by atoms with E-state index in [1.807, 2.05) is 13.8 Å². The fourth-order valence-corrected chi connectivity index (χ4v) is 1.04. The summed E-state index contributed by atoms with van der Waals surface area (Å²) in [7, 11) is 0. The monoisotopic (exact) mass is 299 g/mol.